The Kier molecular flexibility index (Phi) is 9.90. The minimum atomic E-state index is -2.35. The first-order chi connectivity index (χ1) is 27.5. The highest BCUT2D eigenvalue weighted by molar-refractivity contribution is 6.07. The first-order valence-electron chi connectivity index (χ1n) is 19.8. The number of benzene rings is 1. The van der Waals surface area contributed by atoms with Gasteiger partial charge >= 0.3 is 0 Å². The number of fused-ring (bicyclic) bond motifs is 4. The second-order valence-corrected chi connectivity index (χ2v) is 16.6. The average molecular weight is 788 g/mol. The van der Waals surface area contributed by atoms with E-state index in [-0.39, 0.29) is 42.2 Å². The molecule has 9 rings (SSSR count). The van der Waals surface area contributed by atoms with Crippen LogP contribution in [0, 0.1) is 18.8 Å². The molecular formula is C41H49N5O11+2. The minimum absolute atomic E-state index is 0.0201. The third-order valence-electron chi connectivity index (χ3n) is 13.0. The third-order valence-corrected chi connectivity index (χ3v) is 13.0. The van der Waals surface area contributed by atoms with Gasteiger partial charge in [-0.25, -0.2) is 9.78 Å². The maximum atomic E-state index is 13.5. The lowest BCUT2D eigenvalue weighted by molar-refractivity contribution is -0.861. The van der Waals surface area contributed by atoms with E-state index in [1.165, 1.54) is 6.07 Å². The van der Waals surface area contributed by atoms with Gasteiger partial charge in [0.15, 0.2) is 22.8 Å². The zero-order valence-electron chi connectivity index (χ0n) is 31.6. The van der Waals surface area contributed by atoms with E-state index in [0.29, 0.717) is 71.0 Å². The van der Waals surface area contributed by atoms with Crippen molar-refractivity contribution in [1.29, 1.82) is 0 Å². The van der Waals surface area contributed by atoms with Gasteiger partial charge < -0.3 is 40.0 Å². The fourth-order valence-corrected chi connectivity index (χ4v) is 9.91. The van der Waals surface area contributed by atoms with Gasteiger partial charge in [-0.3, -0.25) is 29.4 Å². The molecule has 7 aliphatic rings. The highest BCUT2D eigenvalue weighted by Crippen LogP contribution is 2.50. The van der Waals surface area contributed by atoms with Gasteiger partial charge in [0.1, 0.15) is 73.1 Å². The maximum absolute atomic E-state index is 13.5. The van der Waals surface area contributed by atoms with Crippen LogP contribution in [0.1, 0.15) is 43.4 Å². The van der Waals surface area contributed by atoms with Crippen LogP contribution in [-0.2, 0) is 21.0 Å². The van der Waals surface area contributed by atoms with Gasteiger partial charge in [0, 0.05) is 49.5 Å². The van der Waals surface area contributed by atoms with Crippen molar-refractivity contribution in [3.05, 3.63) is 82.3 Å². The number of aliphatic hydroxyl groups excluding tert-OH is 4. The lowest BCUT2D eigenvalue weighted by Gasteiger charge is -2.49. The number of quaternary nitrogens is 2. The standard InChI is InChI=1S/C41H47N5O11/c1-22-11-31(48)27-12-25-13-34(57-54-20-33(50)41(53,39(52)32(49)19-47)21-45-10-6-28-30(45)5-9-42-28)40(7-2-3-23(15-40)26-14-35(51)44-16-26)56-37(25)36(38(27)55-22)46-17-24-4-8-43-29(24)18-46/h4-6,8-12,17,23,26,30,32-34,39,47,49-50,52-53H,2-3,7,13-16,18-21H2,1H3,(H,44,51)/p+2. The normalized spacial score (nSPS) is 32.3. The molecular weight excluding hydrogens is 738 g/mol. The van der Waals surface area contributed by atoms with Crippen LogP contribution in [0.15, 0.2) is 79.9 Å². The van der Waals surface area contributed by atoms with E-state index in [9.17, 15) is 35.1 Å². The number of aliphatic imine (C=N–C) groups is 2. The van der Waals surface area contributed by atoms with Crippen LogP contribution in [0.5, 0.6) is 5.75 Å². The smallest absolute Gasteiger partial charge is 0.222 e. The predicted octanol–water partition coefficient (Wildman–Crippen LogP) is -1.64. The second-order valence-electron chi connectivity index (χ2n) is 16.6. The fourth-order valence-electron chi connectivity index (χ4n) is 9.91. The summed E-state index contributed by atoms with van der Waals surface area (Å²) in [4.78, 5) is 48.4. The summed E-state index contributed by atoms with van der Waals surface area (Å²) in [6.45, 7) is 1.13. The fraction of sp³-hybridized carbons (Fsp3) is 0.512. The molecule has 7 heterocycles. The quantitative estimate of drug-likeness (QED) is 0.0901. The summed E-state index contributed by atoms with van der Waals surface area (Å²) in [7, 11) is 0. The number of allylic oxidation sites excluding steroid dienone is 1. The summed E-state index contributed by atoms with van der Waals surface area (Å²) in [5.41, 5.74) is 0.999. The van der Waals surface area contributed by atoms with Gasteiger partial charge in [-0.15, -0.1) is 0 Å². The molecule has 1 aromatic carbocycles. The number of aliphatic hydroxyl groups is 5. The number of rotatable bonds is 12. The molecule has 1 amide bonds. The summed E-state index contributed by atoms with van der Waals surface area (Å²) in [5, 5.41) is 58.1. The van der Waals surface area contributed by atoms with E-state index in [4.69, 9.17) is 18.9 Å². The topological polar surface area (TPSA) is 222 Å². The van der Waals surface area contributed by atoms with Gasteiger partial charge in [-0.1, -0.05) is 0 Å². The lowest BCUT2D eigenvalue weighted by atomic mass is 9.68. The van der Waals surface area contributed by atoms with Crippen molar-refractivity contribution < 1.29 is 59.1 Å². The Balaban J connectivity index is 1.04. The first kappa shape index (κ1) is 38.2. The molecule has 2 aromatic rings. The Morgan fingerprint density at radius 1 is 1.12 bits per heavy atom. The number of amides is 1. The highest BCUT2D eigenvalue weighted by Gasteiger charge is 2.55. The monoisotopic (exact) mass is 787 g/mol. The van der Waals surface area contributed by atoms with Crippen LogP contribution < -0.4 is 25.3 Å². The molecule has 1 aliphatic carbocycles. The zero-order chi connectivity index (χ0) is 39.6. The van der Waals surface area contributed by atoms with E-state index in [0.717, 1.165) is 34.7 Å². The molecule has 1 spiro atoms. The van der Waals surface area contributed by atoms with E-state index in [1.807, 2.05) is 12.2 Å². The molecule has 16 nitrogen and oxygen atoms in total. The van der Waals surface area contributed by atoms with Crippen molar-refractivity contribution in [2.24, 2.45) is 21.8 Å². The van der Waals surface area contributed by atoms with Crippen LogP contribution >= 0.6 is 0 Å². The van der Waals surface area contributed by atoms with E-state index in [2.05, 4.69) is 21.5 Å². The van der Waals surface area contributed by atoms with Crippen molar-refractivity contribution in [2.75, 3.05) is 32.8 Å². The minimum Gasteiger partial charge on any atom is -0.478 e. The van der Waals surface area contributed by atoms with Gasteiger partial charge in [-0.2, -0.15) is 0 Å². The van der Waals surface area contributed by atoms with E-state index >= 15 is 0 Å². The van der Waals surface area contributed by atoms with Gasteiger partial charge in [0.05, 0.1) is 23.8 Å². The summed E-state index contributed by atoms with van der Waals surface area (Å²) >= 11 is 0. The number of hydrogen-bond acceptors (Lipinski definition) is 13. The SMILES string of the molecule is Cc1cc(=O)c2cc3c(c([NH+]4C=C5C=CN=C5C4)c2o1)OC1(CCCC(C2CNC(=O)C2)C1)C(OOCC(O)C(O)(C[NH+]1C=CC2=NC=CC21)C(O)C(O)CO)C3. The van der Waals surface area contributed by atoms with Crippen molar-refractivity contribution >= 4 is 34.0 Å². The van der Waals surface area contributed by atoms with Crippen molar-refractivity contribution in [2.45, 2.75) is 87.1 Å². The average Bonchev–Trinajstić information content (AvgIpc) is 4.04. The summed E-state index contributed by atoms with van der Waals surface area (Å²) in [6.07, 6.45) is 10.0. The molecule has 8 N–H and O–H groups in total. The van der Waals surface area contributed by atoms with Crippen LogP contribution in [0.2, 0.25) is 0 Å². The Morgan fingerprint density at radius 2 is 1.98 bits per heavy atom. The molecule has 6 aliphatic heterocycles. The van der Waals surface area contributed by atoms with E-state index < -0.39 is 48.8 Å². The van der Waals surface area contributed by atoms with Gasteiger partial charge in [-0.05, 0) is 62.7 Å². The van der Waals surface area contributed by atoms with Crippen LogP contribution in [0.25, 0.3) is 11.0 Å². The molecule has 1 saturated carbocycles. The number of ether oxygens (including phenoxy) is 1. The number of carbonyl (C=O) groups is 1. The van der Waals surface area contributed by atoms with E-state index in [1.54, 1.807) is 37.7 Å². The number of aryl methyl sites for hydroxylation is 1. The predicted molar refractivity (Wildman–Crippen MR) is 204 cm³/mol. The van der Waals surface area contributed by atoms with Crippen molar-refractivity contribution in [3.63, 3.8) is 0 Å². The molecule has 16 heteroatoms. The molecule has 57 heavy (non-hydrogen) atoms. The largest absolute Gasteiger partial charge is 0.478 e. The zero-order valence-corrected chi connectivity index (χ0v) is 31.6. The Bertz CT molecular complexity index is 2210. The number of nitrogens with one attached hydrogen (secondary N) is 3. The van der Waals surface area contributed by atoms with Gasteiger partial charge in [0.25, 0.3) is 0 Å². The molecule has 11 atom stereocenters. The summed E-state index contributed by atoms with van der Waals surface area (Å²) in [5.74, 6) is 1.31. The van der Waals surface area contributed by atoms with Gasteiger partial charge in [0.2, 0.25) is 17.2 Å². The number of carbonyl (C=O) groups excluding carboxylic acids is 1. The van der Waals surface area contributed by atoms with Crippen molar-refractivity contribution in [3.8, 4) is 5.75 Å². The second kappa shape index (κ2) is 14.8. The molecule has 0 bridgehead atoms. The summed E-state index contributed by atoms with van der Waals surface area (Å²) in [6, 6.07) is 2.99. The Labute approximate surface area is 327 Å². The first-order valence-corrected chi connectivity index (χ1v) is 19.8. The maximum Gasteiger partial charge on any atom is 0.222 e. The summed E-state index contributed by atoms with van der Waals surface area (Å²) < 4.78 is 13.6. The van der Waals surface area contributed by atoms with Crippen LogP contribution in [-0.4, -0.2) is 117 Å². The molecule has 1 saturated heterocycles. The highest BCUT2D eigenvalue weighted by atomic mass is 17.2. The Hall–Kier alpha value is -4.36. The van der Waals surface area contributed by atoms with Crippen LogP contribution in [0.4, 0.5) is 5.69 Å². The van der Waals surface area contributed by atoms with Crippen molar-refractivity contribution in [1.82, 2.24) is 5.32 Å². The molecule has 302 valence electrons. The third kappa shape index (κ3) is 6.72. The van der Waals surface area contributed by atoms with Crippen LogP contribution in [0.3, 0.4) is 0 Å². The lowest BCUT2D eigenvalue weighted by Crippen LogP contribution is -3.13. The number of nitrogens with zero attached hydrogens (tertiary/aromatic N) is 2. The number of hydrogen-bond donors (Lipinski definition) is 8. The molecule has 11 unspecified atom stereocenters. The Morgan fingerprint density at radius 3 is 2.77 bits per heavy atom. The molecule has 2 fully saturated rings. The molecule has 1 aromatic heterocycles. The molecule has 0 radical (unpaired) electrons.